The van der Waals surface area contributed by atoms with Crippen molar-refractivity contribution in [3.63, 3.8) is 0 Å². The minimum absolute atomic E-state index is 0.251. The highest BCUT2D eigenvalue weighted by molar-refractivity contribution is 6.56. The van der Waals surface area contributed by atoms with Gasteiger partial charge in [-0.15, -0.1) is 0 Å². The first kappa shape index (κ1) is 20.5. The van der Waals surface area contributed by atoms with Crippen molar-refractivity contribution in [2.24, 2.45) is 7.05 Å². The van der Waals surface area contributed by atoms with Gasteiger partial charge in [-0.3, -0.25) is 4.68 Å². The van der Waals surface area contributed by atoms with Crippen LogP contribution in [0.4, 0.5) is 4.79 Å². The van der Waals surface area contributed by atoms with Gasteiger partial charge < -0.3 is 19.4 Å². The van der Waals surface area contributed by atoms with Crippen molar-refractivity contribution in [3.05, 3.63) is 23.4 Å². The molecule has 1 saturated heterocycles. The van der Waals surface area contributed by atoms with Gasteiger partial charge in [0.25, 0.3) is 0 Å². The normalized spacial score (nSPS) is 19.5. The van der Waals surface area contributed by atoms with Gasteiger partial charge in [-0.1, -0.05) is 6.08 Å². The Bertz CT molecular complexity index is 673. The van der Waals surface area contributed by atoms with Crippen molar-refractivity contribution in [2.75, 3.05) is 6.54 Å². The van der Waals surface area contributed by atoms with Crippen LogP contribution >= 0.6 is 0 Å². The molecule has 0 aromatic carbocycles. The Hall–Kier alpha value is -1.80. The summed E-state index contributed by atoms with van der Waals surface area (Å²) in [5.74, 6) is 0. The van der Waals surface area contributed by atoms with E-state index in [1.165, 1.54) is 0 Å². The van der Waals surface area contributed by atoms with E-state index in [1.807, 2.05) is 67.8 Å². The standard InChI is InChI=1S/C18H30BN3O4/c1-16(2,3)24-15(23)20-11-14(9-13-10-21-22(8)12-13)19-25-17(4,5)18(6,7)26-19/h9-10,12H,11H2,1-8H3,(H,20,23). The Kier molecular flexibility index (Phi) is 5.59. The summed E-state index contributed by atoms with van der Waals surface area (Å²) in [5.41, 5.74) is 0.224. The van der Waals surface area contributed by atoms with E-state index in [0.717, 1.165) is 11.0 Å². The van der Waals surface area contributed by atoms with Gasteiger partial charge in [0.15, 0.2) is 0 Å². The maximum atomic E-state index is 12.0. The van der Waals surface area contributed by atoms with Gasteiger partial charge in [0, 0.05) is 25.4 Å². The highest BCUT2D eigenvalue weighted by atomic mass is 16.7. The summed E-state index contributed by atoms with van der Waals surface area (Å²) < 4.78 is 19.3. The first-order chi connectivity index (χ1) is 11.8. The first-order valence-corrected chi connectivity index (χ1v) is 8.81. The minimum Gasteiger partial charge on any atom is -0.444 e. The van der Waals surface area contributed by atoms with Crippen LogP contribution in [0.15, 0.2) is 17.9 Å². The lowest BCUT2D eigenvalue weighted by molar-refractivity contribution is 0.00578. The van der Waals surface area contributed by atoms with Gasteiger partial charge in [0.05, 0.1) is 17.4 Å². The van der Waals surface area contributed by atoms with Crippen LogP contribution in [0.5, 0.6) is 0 Å². The molecule has 2 rings (SSSR count). The molecule has 8 heteroatoms. The third-order valence-corrected chi connectivity index (χ3v) is 4.47. The summed E-state index contributed by atoms with van der Waals surface area (Å²) in [7, 11) is 1.29. The molecule has 2 heterocycles. The minimum atomic E-state index is -0.560. The maximum absolute atomic E-state index is 12.0. The largest absolute Gasteiger partial charge is 0.492 e. The Labute approximate surface area is 156 Å². The second-order valence-corrected chi connectivity index (χ2v) is 8.61. The van der Waals surface area contributed by atoms with Crippen molar-refractivity contribution < 1.29 is 18.8 Å². The fourth-order valence-corrected chi connectivity index (χ4v) is 2.41. The van der Waals surface area contributed by atoms with E-state index >= 15 is 0 Å². The molecule has 1 aromatic heterocycles. The fraction of sp³-hybridized carbons (Fsp3) is 0.667. The number of carbonyl (C=O) groups is 1. The van der Waals surface area contributed by atoms with E-state index in [-0.39, 0.29) is 6.54 Å². The molecular formula is C18H30BN3O4. The van der Waals surface area contributed by atoms with Crippen LogP contribution in [-0.4, -0.2) is 46.3 Å². The molecule has 0 aliphatic carbocycles. The molecule has 1 amide bonds. The Morgan fingerprint density at radius 2 is 1.88 bits per heavy atom. The van der Waals surface area contributed by atoms with E-state index in [9.17, 15) is 4.79 Å². The second-order valence-electron chi connectivity index (χ2n) is 8.61. The summed E-state index contributed by atoms with van der Waals surface area (Å²) in [6.07, 6.45) is 5.08. The molecule has 1 fully saturated rings. The molecule has 144 valence electrons. The van der Waals surface area contributed by atoms with E-state index < -0.39 is 30.0 Å². The lowest BCUT2D eigenvalue weighted by Crippen LogP contribution is -2.41. The van der Waals surface area contributed by atoms with E-state index in [2.05, 4.69) is 10.4 Å². The van der Waals surface area contributed by atoms with Crippen molar-refractivity contribution in [1.29, 1.82) is 0 Å². The van der Waals surface area contributed by atoms with Gasteiger partial charge in [0.2, 0.25) is 0 Å². The van der Waals surface area contributed by atoms with Crippen molar-refractivity contribution >= 4 is 19.3 Å². The number of nitrogens with one attached hydrogen (secondary N) is 1. The van der Waals surface area contributed by atoms with E-state index in [0.29, 0.717) is 0 Å². The fourth-order valence-electron chi connectivity index (χ4n) is 2.41. The quantitative estimate of drug-likeness (QED) is 0.833. The summed E-state index contributed by atoms with van der Waals surface area (Å²) >= 11 is 0. The number of aromatic nitrogens is 2. The molecule has 0 unspecified atom stereocenters. The molecule has 1 aliphatic rings. The van der Waals surface area contributed by atoms with Gasteiger partial charge in [-0.2, -0.15) is 5.10 Å². The smallest absolute Gasteiger partial charge is 0.444 e. The molecule has 0 saturated carbocycles. The van der Waals surface area contributed by atoms with E-state index in [1.54, 1.807) is 10.9 Å². The maximum Gasteiger partial charge on any atom is 0.492 e. The summed E-state index contributed by atoms with van der Waals surface area (Å²) in [6.45, 7) is 13.7. The molecule has 0 spiro atoms. The van der Waals surface area contributed by atoms with Crippen LogP contribution in [0.25, 0.3) is 6.08 Å². The van der Waals surface area contributed by atoms with Crippen molar-refractivity contribution in [2.45, 2.75) is 65.3 Å². The van der Waals surface area contributed by atoms with Crippen LogP contribution in [0, 0.1) is 0 Å². The number of hydrogen-bond acceptors (Lipinski definition) is 5. The first-order valence-electron chi connectivity index (χ1n) is 8.81. The zero-order valence-corrected chi connectivity index (χ0v) is 17.0. The molecular weight excluding hydrogens is 333 g/mol. The van der Waals surface area contributed by atoms with Gasteiger partial charge in [-0.05, 0) is 53.9 Å². The van der Waals surface area contributed by atoms with Gasteiger partial charge in [-0.25, -0.2) is 4.79 Å². The Balaban J connectivity index is 2.18. The van der Waals surface area contributed by atoms with Crippen molar-refractivity contribution in [3.8, 4) is 0 Å². The molecule has 0 bridgehead atoms. The van der Waals surface area contributed by atoms with Crippen LogP contribution in [0.2, 0.25) is 0 Å². The average Bonchev–Trinajstić information content (AvgIpc) is 2.93. The van der Waals surface area contributed by atoms with Crippen LogP contribution in [0.3, 0.4) is 0 Å². The summed E-state index contributed by atoms with van der Waals surface area (Å²) in [4.78, 5) is 12.0. The molecule has 0 radical (unpaired) electrons. The number of carbonyl (C=O) groups excluding carboxylic acids is 1. The van der Waals surface area contributed by atoms with Crippen LogP contribution in [-0.2, 0) is 21.1 Å². The van der Waals surface area contributed by atoms with Crippen molar-refractivity contribution in [1.82, 2.24) is 15.1 Å². The molecule has 1 aliphatic heterocycles. The number of aryl methyl sites for hydroxylation is 1. The predicted molar refractivity (Wildman–Crippen MR) is 102 cm³/mol. The number of amides is 1. The lowest BCUT2D eigenvalue weighted by Gasteiger charge is -2.32. The third kappa shape index (κ3) is 5.11. The monoisotopic (exact) mass is 363 g/mol. The van der Waals surface area contributed by atoms with Gasteiger partial charge >= 0.3 is 13.2 Å². The molecule has 0 atom stereocenters. The molecule has 1 aromatic rings. The summed E-state index contributed by atoms with van der Waals surface area (Å²) in [5, 5.41) is 6.96. The SMILES string of the molecule is Cn1cc(C=C(CNC(=O)OC(C)(C)C)B2OC(C)(C)C(C)(C)O2)cn1. The lowest BCUT2D eigenvalue weighted by atomic mass is 9.77. The second kappa shape index (κ2) is 7.08. The average molecular weight is 363 g/mol. The number of hydrogen-bond donors (Lipinski definition) is 1. The third-order valence-electron chi connectivity index (χ3n) is 4.47. The number of nitrogens with zero attached hydrogens (tertiary/aromatic N) is 2. The zero-order chi connectivity index (χ0) is 19.8. The highest BCUT2D eigenvalue weighted by Crippen LogP contribution is 2.38. The summed E-state index contributed by atoms with van der Waals surface area (Å²) in [6, 6.07) is 0. The van der Waals surface area contributed by atoms with Crippen LogP contribution in [0.1, 0.15) is 54.0 Å². The Morgan fingerprint density at radius 3 is 2.35 bits per heavy atom. The van der Waals surface area contributed by atoms with Gasteiger partial charge in [0.1, 0.15) is 5.60 Å². The number of ether oxygens (including phenoxy) is 1. The molecule has 7 nitrogen and oxygen atoms in total. The van der Waals surface area contributed by atoms with E-state index in [4.69, 9.17) is 14.0 Å². The number of alkyl carbamates (subject to hydrolysis) is 1. The topological polar surface area (TPSA) is 74.6 Å². The zero-order valence-electron chi connectivity index (χ0n) is 17.0. The number of rotatable bonds is 4. The Morgan fingerprint density at radius 1 is 1.31 bits per heavy atom. The predicted octanol–water partition coefficient (Wildman–Crippen LogP) is 2.96. The molecule has 26 heavy (non-hydrogen) atoms. The molecule has 1 N–H and O–H groups in total. The van der Waals surface area contributed by atoms with Crippen LogP contribution < -0.4 is 5.32 Å². The highest BCUT2D eigenvalue weighted by Gasteiger charge is 2.52.